The van der Waals surface area contributed by atoms with E-state index in [-0.39, 0.29) is 17.7 Å². The predicted octanol–water partition coefficient (Wildman–Crippen LogP) is 1.35. The fourth-order valence-corrected chi connectivity index (χ4v) is 1.40. The Morgan fingerprint density at radius 3 is 2.44 bits per heavy atom. The maximum Gasteiger partial charge on any atom is 0.247 e. The summed E-state index contributed by atoms with van der Waals surface area (Å²) >= 11 is 0. The second kappa shape index (κ2) is 6.54. The summed E-state index contributed by atoms with van der Waals surface area (Å²) in [5.74, 6) is -0.638. The van der Waals surface area contributed by atoms with E-state index in [1.54, 1.807) is 24.5 Å². The molecule has 1 rings (SSSR count). The monoisotopic (exact) mass is 247 g/mol. The number of amides is 2. The minimum absolute atomic E-state index is 0.0178. The lowest BCUT2D eigenvalue weighted by Gasteiger charge is -2.20. The van der Waals surface area contributed by atoms with E-state index >= 15 is 0 Å². The smallest absolute Gasteiger partial charge is 0.247 e. The Labute approximate surface area is 106 Å². The number of rotatable bonds is 5. The summed E-state index contributed by atoms with van der Waals surface area (Å²) in [6.07, 6.45) is 4.32. The Hall–Kier alpha value is -2.17. The molecule has 0 bridgehead atoms. The first kappa shape index (κ1) is 13.9. The SMILES string of the molecule is C=CC(=O)NC(C(=O)Nc1ccncc1)C(C)C. The third kappa shape index (κ3) is 4.01. The van der Waals surface area contributed by atoms with Crippen molar-refractivity contribution >= 4 is 17.5 Å². The molecule has 0 aromatic carbocycles. The first-order valence-electron chi connectivity index (χ1n) is 5.68. The summed E-state index contributed by atoms with van der Waals surface area (Å²) in [5, 5.41) is 5.33. The normalized spacial score (nSPS) is 11.7. The van der Waals surface area contributed by atoms with Crippen LogP contribution in [-0.2, 0) is 9.59 Å². The van der Waals surface area contributed by atoms with Crippen LogP contribution in [0.4, 0.5) is 5.69 Å². The number of nitrogens with one attached hydrogen (secondary N) is 2. The lowest BCUT2D eigenvalue weighted by molar-refractivity contribution is -0.124. The van der Waals surface area contributed by atoms with Crippen molar-refractivity contribution in [2.45, 2.75) is 19.9 Å². The molecule has 0 saturated heterocycles. The predicted molar refractivity (Wildman–Crippen MR) is 69.8 cm³/mol. The molecule has 1 heterocycles. The lowest BCUT2D eigenvalue weighted by atomic mass is 10.0. The van der Waals surface area contributed by atoms with Crippen LogP contribution in [0, 0.1) is 5.92 Å². The zero-order valence-electron chi connectivity index (χ0n) is 10.5. The molecule has 1 unspecified atom stereocenters. The van der Waals surface area contributed by atoms with Gasteiger partial charge in [-0.15, -0.1) is 0 Å². The molecule has 0 spiro atoms. The lowest BCUT2D eigenvalue weighted by Crippen LogP contribution is -2.46. The van der Waals surface area contributed by atoms with Gasteiger partial charge in [0.05, 0.1) is 0 Å². The second-order valence-electron chi connectivity index (χ2n) is 4.16. The average molecular weight is 247 g/mol. The first-order valence-corrected chi connectivity index (χ1v) is 5.68. The zero-order valence-corrected chi connectivity index (χ0v) is 10.5. The fraction of sp³-hybridized carbons (Fsp3) is 0.308. The summed E-state index contributed by atoms with van der Waals surface area (Å²) in [6, 6.07) is 2.78. The van der Waals surface area contributed by atoms with Crippen LogP contribution in [0.15, 0.2) is 37.2 Å². The van der Waals surface area contributed by atoms with E-state index in [2.05, 4.69) is 22.2 Å². The van der Waals surface area contributed by atoms with E-state index < -0.39 is 6.04 Å². The van der Waals surface area contributed by atoms with Crippen molar-refractivity contribution in [3.63, 3.8) is 0 Å². The Morgan fingerprint density at radius 2 is 1.94 bits per heavy atom. The van der Waals surface area contributed by atoms with Crippen LogP contribution < -0.4 is 10.6 Å². The van der Waals surface area contributed by atoms with E-state index in [4.69, 9.17) is 0 Å². The molecule has 2 amide bonds. The third-order valence-electron chi connectivity index (χ3n) is 2.38. The molecule has 0 radical (unpaired) electrons. The summed E-state index contributed by atoms with van der Waals surface area (Å²) in [6.45, 7) is 7.09. The highest BCUT2D eigenvalue weighted by molar-refractivity contribution is 5.98. The van der Waals surface area contributed by atoms with E-state index in [0.717, 1.165) is 6.08 Å². The number of nitrogens with zero attached hydrogens (tertiary/aromatic N) is 1. The van der Waals surface area contributed by atoms with Gasteiger partial charge in [-0.1, -0.05) is 20.4 Å². The summed E-state index contributed by atoms with van der Waals surface area (Å²) < 4.78 is 0. The average Bonchev–Trinajstić information content (AvgIpc) is 2.36. The van der Waals surface area contributed by atoms with Gasteiger partial charge in [0, 0.05) is 18.1 Å². The zero-order chi connectivity index (χ0) is 13.5. The van der Waals surface area contributed by atoms with Gasteiger partial charge in [0.1, 0.15) is 6.04 Å². The number of aromatic nitrogens is 1. The maximum atomic E-state index is 12.0. The Bertz CT molecular complexity index is 429. The number of anilines is 1. The molecular formula is C13H17N3O2. The summed E-state index contributed by atoms with van der Waals surface area (Å²) in [5.41, 5.74) is 0.647. The van der Waals surface area contributed by atoms with Gasteiger partial charge in [-0.25, -0.2) is 0 Å². The van der Waals surface area contributed by atoms with E-state index in [9.17, 15) is 9.59 Å². The largest absolute Gasteiger partial charge is 0.340 e. The van der Waals surface area contributed by atoms with Gasteiger partial charge >= 0.3 is 0 Å². The van der Waals surface area contributed by atoms with Crippen molar-refractivity contribution < 1.29 is 9.59 Å². The molecule has 5 heteroatoms. The van der Waals surface area contributed by atoms with Gasteiger partial charge in [0.15, 0.2) is 0 Å². The van der Waals surface area contributed by atoms with Crippen LogP contribution in [0.2, 0.25) is 0 Å². The van der Waals surface area contributed by atoms with Crippen molar-refractivity contribution in [2.24, 2.45) is 5.92 Å². The molecule has 18 heavy (non-hydrogen) atoms. The molecule has 96 valence electrons. The highest BCUT2D eigenvalue weighted by atomic mass is 16.2. The Kier molecular flexibility index (Phi) is 5.05. The highest BCUT2D eigenvalue weighted by Gasteiger charge is 2.23. The molecule has 0 aliphatic rings. The molecule has 1 aromatic heterocycles. The number of hydrogen-bond acceptors (Lipinski definition) is 3. The van der Waals surface area contributed by atoms with Gasteiger partial charge in [0.2, 0.25) is 11.8 Å². The summed E-state index contributed by atoms with van der Waals surface area (Å²) in [7, 11) is 0. The standard InChI is InChI=1S/C13H17N3O2/c1-4-11(17)16-12(9(2)3)13(18)15-10-5-7-14-8-6-10/h4-9,12H,1H2,2-3H3,(H,16,17)(H,14,15,18). The molecule has 1 aromatic rings. The number of carbonyl (C=O) groups is 2. The molecule has 0 saturated carbocycles. The van der Waals surface area contributed by atoms with E-state index in [0.29, 0.717) is 5.69 Å². The molecular weight excluding hydrogens is 230 g/mol. The minimum Gasteiger partial charge on any atom is -0.340 e. The van der Waals surface area contributed by atoms with E-state index in [1.165, 1.54) is 0 Å². The van der Waals surface area contributed by atoms with Crippen molar-refractivity contribution in [1.29, 1.82) is 0 Å². The van der Waals surface area contributed by atoms with Crippen molar-refractivity contribution in [3.8, 4) is 0 Å². The number of hydrogen-bond donors (Lipinski definition) is 2. The number of carbonyl (C=O) groups excluding carboxylic acids is 2. The van der Waals surface area contributed by atoms with Crippen molar-refractivity contribution in [3.05, 3.63) is 37.2 Å². The van der Waals surface area contributed by atoms with Crippen LogP contribution in [0.5, 0.6) is 0 Å². The van der Waals surface area contributed by atoms with E-state index in [1.807, 2.05) is 13.8 Å². The van der Waals surface area contributed by atoms with Gasteiger partial charge < -0.3 is 10.6 Å². The molecule has 2 N–H and O–H groups in total. The van der Waals surface area contributed by atoms with Crippen molar-refractivity contribution in [2.75, 3.05) is 5.32 Å². The second-order valence-corrected chi connectivity index (χ2v) is 4.16. The minimum atomic E-state index is -0.594. The van der Waals surface area contributed by atoms with Gasteiger partial charge in [-0.2, -0.15) is 0 Å². The molecule has 0 aliphatic carbocycles. The molecule has 0 fully saturated rings. The van der Waals surface area contributed by atoms with Crippen LogP contribution in [0.3, 0.4) is 0 Å². The first-order chi connectivity index (χ1) is 8.54. The van der Waals surface area contributed by atoms with Crippen LogP contribution in [0.1, 0.15) is 13.8 Å². The summed E-state index contributed by atoms with van der Waals surface area (Å²) in [4.78, 5) is 27.1. The van der Waals surface area contributed by atoms with Gasteiger partial charge in [-0.3, -0.25) is 14.6 Å². The van der Waals surface area contributed by atoms with Crippen LogP contribution in [-0.4, -0.2) is 22.8 Å². The quantitative estimate of drug-likeness (QED) is 0.771. The fourth-order valence-electron chi connectivity index (χ4n) is 1.40. The van der Waals surface area contributed by atoms with Gasteiger partial charge in [0.25, 0.3) is 0 Å². The molecule has 1 atom stereocenters. The highest BCUT2D eigenvalue weighted by Crippen LogP contribution is 2.08. The third-order valence-corrected chi connectivity index (χ3v) is 2.38. The molecule has 5 nitrogen and oxygen atoms in total. The Morgan fingerprint density at radius 1 is 1.33 bits per heavy atom. The van der Waals surface area contributed by atoms with Gasteiger partial charge in [-0.05, 0) is 24.1 Å². The maximum absolute atomic E-state index is 12.0. The number of pyridine rings is 1. The van der Waals surface area contributed by atoms with Crippen molar-refractivity contribution in [1.82, 2.24) is 10.3 Å². The topological polar surface area (TPSA) is 71.1 Å². The van der Waals surface area contributed by atoms with Crippen LogP contribution in [0.25, 0.3) is 0 Å². The van der Waals surface area contributed by atoms with Crippen LogP contribution >= 0.6 is 0 Å². The molecule has 0 aliphatic heterocycles. The Balaban J connectivity index is 2.71.